The molecule has 1 saturated heterocycles. The molecule has 0 saturated carbocycles. The molecule has 1 amide bonds. The van der Waals surface area contributed by atoms with Crippen molar-refractivity contribution in [2.45, 2.75) is 24.7 Å². The fourth-order valence-corrected chi connectivity index (χ4v) is 5.90. The van der Waals surface area contributed by atoms with E-state index in [1.54, 1.807) is 12.3 Å². The number of amides is 1. The number of nitrogens with zero attached hydrogens (tertiary/aromatic N) is 5. The van der Waals surface area contributed by atoms with Crippen molar-refractivity contribution < 1.29 is 13.2 Å². The number of aromatic nitrogens is 4. The summed E-state index contributed by atoms with van der Waals surface area (Å²) in [7, 11) is -1.67. The Morgan fingerprint density at radius 2 is 2.03 bits per heavy atom. The van der Waals surface area contributed by atoms with Crippen molar-refractivity contribution in [2.75, 3.05) is 18.4 Å². The fourth-order valence-electron chi connectivity index (χ4n) is 3.46. The highest BCUT2D eigenvalue weighted by Crippen LogP contribution is 2.32. The Hall–Kier alpha value is -2.63. The van der Waals surface area contributed by atoms with Crippen LogP contribution in [0.15, 0.2) is 41.8 Å². The van der Waals surface area contributed by atoms with E-state index >= 15 is 0 Å². The van der Waals surface area contributed by atoms with E-state index in [4.69, 9.17) is 0 Å². The van der Waals surface area contributed by atoms with Gasteiger partial charge < -0.3 is 9.88 Å². The van der Waals surface area contributed by atoms with Gasteiger partial charge in [0.1, 0.15) is 4.90 Å². The Morgan fingerprint density at radius 1 is 1.27 bits per heavy atom. The number of aryl methyl sites for hydroxylation is 2. The number of imidazole rings is 1. The molecule has 3 aromatic rings. The van der Waals surface area contributed by atoms with Crippen LogP contribution in [0.4, 0.5) is 5.13 Å². The van der Waals surface area contributed by atoms with Gasteiger partial charge in [-0.3, -0.25) is 9.78 Å². The second kappa shape index (κ2) is 8.25. The quantitative estimate of drug-likeness (QED) is 0.644. The predicted molar refractivity (Wildman–Crippen MR) is 113 cm³/mol. The van der Waals surface area contributed by atoms with Gasteiger partial charge in [0.2, 0.25) is 15.9 Å². The van der Waals surface area contributed by atoms with Crippen molar-refractivity contribution in [3.05, 3.63) is 42.6 Å². The van der Waals surface area contributed by atoms with Crippen molar-refractivity contribution in [2.24, 2.45) is 13.0 Å². The fraction of sp³-hybridized carbons (Fsp3) is 0.368. The normalized spacial score (nSPS) is 15.9. The molecule has 158 valence electrons. The molecular formula is C19H22N6O3S2. The Bertz CT molecular complexity index is 1150. The molecule has 4 heterocycles. The Labute approximate surface area is 178 Å². The van der Waals surface area contributed by atoms with Gasteiger partial charge in [0, 0.05) is 50.8 Å². The predicted octanol–water partition coefficient (Wildman–Crippen LogP) is 2.29. The number of carbonyl (C=O) groups excluding carboxylic acids is 1. The van der Waals surface area contributed by atoms with Crippen molar-refractivity contribution in [1.29, 1.82) is 0 Å². The van der Waals surface area contributed by atoms with Gasteiger partial charge in [0.05, 0.1) is 10.6 Å². The molecule has 30 heavy (non-hydrogen) atoms. The summed E-state index contributed by atoms with van der Waals surface area (Å²) in [5.74, 6) is 0.416. The summed E-state index contributed by atoms with van der Waals surface area (Å²) >= 11 is 1.39. The number of rotatable bonds is 5. The Balaban J connectivity index is 1.39. The van der Waals surface area contributed by atoms with E-state index in [1.807, 2.05) is 24.7 Å². The molecule has 4 rings (SSSR count). The molecule has 0 aromatic carbocycles. The zero-order valence-electron chi connectivity index (χ0n) is 16.6. The van der Waals surface area contributed by atoms with E-state index in [1.165, 1.54) is 34.1 Å². The molecule has 0 radical (unpaired) electrons. The van der Waals surface area contributed by atoms with Gasteiger partial charge >= 0.3 is 0 Å². The smallest absolute Gasteiger partial charge is 0.244 e. The Morgan fingerprint density at radius 3 is 2.67 bits per heavy atom. The molecule has 1 N–H and O–H groups in total. The van der Waals surface area contributed by atoms with Crippen molar-refractivity contribution in [3.63, 3.8) is 0 Å². The number of carbonyl (C=O) groups is 1. The van der Waals surface area contributed by atoms with Crippen molar-refractivity contribution in [1.82, 2.24) is 23.8 Å². The van der Waals surface area contributed by atoms with Crippen LogP contribution >= 0.6 is 11.3 Å². The van der Waals surface area contributed by atoms with Gasteiger partial charge in [-0.1, -0.05) is 11.3 Å². The van der Waals surface area contributed by atoms with Crippen LogP contribution < -0.4 is 5.32 Å². The van der Waals surface area contributed by atoms with E-state index in [-0.39, 0.29) is 16.7 Å². The minimum atomic E-state index is -3.58. The highest BCUT2D eigenvalue weighted by Gasteiger charge is 2.32. The van der Waals surface area contributed by atoms with Crippen LogP contribution in [0.1, 0.15) is 18.5 Å². The van der Waals surface area contributed by atoms with Crippen LogP contribution in [0.25, 0.3) is 10.7 Å². The van der Waals surface area contributed by atoms with Crippen LogP contribution in [0, 0.1) is 12.8 Å². The zero-order chi connectivity index (χ0) is 21.3. The van der Waals surface area contributed by atoms with Crippen LogP contribution in [-0.4, -0.2) is 51.2 Å². The molecule has 0 bridgehead atoms. The average molecular weight is 447 g/mol. The molecule has 1 aliphatic rings. The van der Waals surface area contributed by atoms with Gasteiger partial charge in [-0.15, -0.1) is 0 Å². The minimum Gasteiger partial charge on any atom is -0.333 e. The van der Waals surface area contributed by atoms with Crippen molar-refractivity contribution >= 4 is 32.4 Å². The lowest BCUT2D eigenvalue weighted by Gasteiger charge is -2.30. The van der Waals surface area contributed by atoms with Gasteiger partial charge in [-0.2, -0.15) is 4.31 Å². The molecule has 3 aromatic heterocycles. The number of nitrogens with one attached hydrogen (secondary N) is 1. The SMILES string of the molecule is Cc1nc(NC(=O)C2CCN(S(=O)(=O)c3cccnc3)CC2)sc1-c1nccn1C. The third-order valence-corrected chi connectivity index (χ3v) is 8.10. The average Bonchev–Trinajstić information content (AvgIpc) is 3.33. The largest absolute Gasteiger partial charge is 0.333 e. The van der Waals surface area contributed by atoms with Gasteiger partial charge in [0.15, 0.2) is 11.0 Å². The lowest BCUT2D eigenvalue weighted by Crippen LogP contribution is -2.41. The maximum Gasteiger partial charge on any atom is 0.244 e. The summed E-state index contributed by atoms with van der Waals surface area (Å²) in [4.78, 5) is 26.5. The van der Waals surface area contributed by atoms with Gasteiger partial charge in [0.25, 0.3) is 0 Å². The molecule has 9 nitrogen and oxygen atoms in total. The van der Waals surface area contributed by atoms with Gasteiger partial charge in [-0.25, -0.2) is 18.4 Å². The molecule has 0 aliphatic carbocycles. The molecular weight excluding hydrogens is 424 g/mol. The first-order valence-electron chi connectivity index (χ1n) is 9.52. The van der Waals surface area contributed by atoms with E-state index in [0.29, 0.717) is 31.1 Å². The summed E-state index contributed by atoms with van der Waals surface area (Å²) in [6.07, 6.45) is 7.39. The number of pyridine rings is 1. The zero-order valence-corrected chi connectivity index (χ0v) is 18.3. The first-order chi connectivity index (χ1) is 14.4. The number of piperidine rings is 1. The lowest BCUT2D eigenvalue weighted by molar-refractivity contribution is -0.120. The third kappa shape index (κ3) is 4.00. The number of hydrogen-bond donors (Lipinski definition) is 1. The summed E-state index contributed by atoms with van der Waals surface area (Å²) < 4.78 is 28.7. The van der Waals surface area contributed by atoms with Crippen LogP contribution in [-0.2, 0) is 21.9 Å². The summed E-state index contributed by atoms with van der Waals surface area (Å²) in [6.45, 7) is 2.48. The molecule has 11 heteroatoms. The maximum atomic E-state index is 12.7. The second-order valence-corrected chi connectivity index (χ2v) is 10.1. The van der Waals surface area contributed by atoms with E-state index in [0.717, 1.165) is 16.4 Å². The Kier molecular flexibility index (Phi) is 5.67. The highest BCUT2D eigenvalue weighted by atomic mass is 32.2. The maximum absolute atomic E-state index is 12.7. The monoisotopic (exact) mass is 446 g/mol. The molecule has 0 unspecified atom stereocenters. The number of anilines is 1. The number of hydrogen-bond acceptors (Lipinski definition) is 7. The van der Waals surface area contributed by atoms with Crippen LogP contribution in [0.3, 0.4) is 0 Å². The molecule has 0 atom stereocenters. The standard InChI is InChI=1S/C19H22N6O3S2/c1-13-16(17-21-8-11-24(17)2)29-19(22-13)23-18(26)14-5-9-25(10-6-14)30(27,28)15-4-3-7-20-12-15/h3-4,7-8,11-12,14H,5-6,9-10H2,1-2H3,(H,22,23,26). The van der Waals surface area contributed by atoms with Crippen molar-refractivity contribution in [3.8, 4) is 10.7 Å². The number of thiazole rings is 1. The first kappa shape index (κ1) is 20.6. The minimum absolute atomic E-state index is 0.131. The summed E-state index contributed by atoms with van der Waals surface area (Å²) in [6, 6.07) is 3.13. The third-order valence-electron chi connectivity index (χ3n) is 5.15. The molecule has 1 fully saturated rings. The highest BCUT2D eigenvalue weighted by molar-refractivity contribution is 7.89. The molecule has 0 spiro atoms. The number of sulfonamides is 1. The van der Waals surface area contributed by atoms with E-state index in [9.17, 15) is 13.2 Å². The van der Waals surface area contributed by atoms with E-state index in [2.05, 4.69) is 20.3 Å². The van der Waals surface area contributed by atoms with E-state index < -0.39 is 10.0 Å². The van der Waals surface area contributed by atoms with Gasteiger partial charge in [-0.05, 0) is 31.9 Å². The second-order valence-electron chi connectivity index (χ2n) is 7.15. The molecule has 1 aliphatic heterocycles. The lowest BCUT2D eigenvalue weighted by atomic mass is 9.97. The topological polar surface area (TPSA) is 110 Å². The first-order valence-corrected chi connectivity index (χ1v) is 11.8. The summed E-state index contributed by atoms with van der Waals surface area (Å²) in [5.41, 5.74) is 0.807. The van der Waals surface area contributed by atoms with Crippen LogP contribution in [0.5, 0.6) is 0 Å². The summed E-state index contributed by atoms with van der Waals surface area (Å²) in [5, 5.41) is 3.42. The van der Waals surface area contributed by atoms with Crippen LogP contribution in [0.2, 0.25) is 0 Å².